The average molecular weight is 327 g/mol. The van der Waals surface area contributed by atoms with E-state index in [0.29, 0.717) is 6.42 Å². The number of carbonyl (C=O) groups excluding carboxylic acids is 1. The molecule has 4 nitrogen and oxygen atoms in total. The number of hydrogen-bond acceptors (Lipinski definition) is 4. The van der Waals surface area contributed by atoms with Gasteiger partial charge in [0.15, 0.2) is 0 Å². The summed E-state index contributed by atoms with van der Waals surface area (Å²) in [6.45, 7) is 1.90. The minimum absolute atomic E-state index is 0.0385. The number of benzene rings is 2. The number of anilines is 1. The average Bonchev–Trinajstić information content (AvgIpc) is 2.65. The van der Waals surface area contributed by atoms with Crippen LogP contribution >= 0.6 is 0 Å². The van der Waals surface area contributed by atoms with Crippen LogP contribution in [0.1, 0.15) is 24.9 Å². The summed E-state index contributed by atoms with van der Waals surface area (Å²) in [7, 11) is 5.13. The van der Waals surface area contributed by atoms with Gasteiger partial charge in [0, 0.05) is 12.7 Å². The normalized spacial score (nSPS) is 13.0. The summed E-state index contributed by atoms with van der Waals surface area (Å²) in [6, 6.07) is 18.2. The number of para-hydroxylation sites is 1. The van der Waals surface area contributed by atoms with Gasteiger partial charge in [-0.05, 0) is 36.2 Å². The van der Waals surface area contributed by atoms with Crippen molar-refractivity contribution >= 4 is 11.7 Å². The number of ether oxygens (including phenoxy) is 2. The standard InChI is InChI=1S/C20H25NO3/c1-15(20(22)24-4)13-19(16-9-8-12-18(14-16)23-3)21(2)17-10-6-5-7-11-17/h5-12,14-15,19H,13H2,1-4H3/t15-,19+/m1/s1. The maximum Gasteiger partial charge on any atom is 0.308 e. The molecular weight excluding hydrogens is 302 g/mol. The van der Waals surface area contributed by atoms with Gasteiger partial charge in [0.2, 0.25) is 0 Å². The van der Waals surface area contributed by atoms with E-state index in [2.05, 4.69) is 23.1 Å². The molecule has 0 N–H and O–H groups in total. The lowest BCUT2D eigenvalue weighted by atomic mass is 9.94. The molecule has 128 valence electrons. The van der Waals surface area contributed by atoms with Crippen molar-refractivity contribution in [2.75, 3.05) is 26.2 Å². The van der Waals surface area contributed by atoms with Crippen LogP contribution in [0.25, 0.3) is 0 Å². The van der Waals surface area contributed by atoms with Crippen LogP contribution < -0.4 is 9.64 Å². The molecule has 0 unspecified atom stereocenters. The van der Waals surface area contributed by atoms with Crippen LogP contribution in [-0.4, -0.2) is 27.2 Å². The summed E-state index contributed by atoms with van der Waals surface area (Å²) < 4.78 is 10.3. The summed E-state index contributed by atoms with van der Waals surface area (Å²) in [6.07, 6.45) is 0.658. The number of rotatable bonds is 7. The van der Waals surface area contributed by atoms with E-state index in [-0.39, 0.29) is 17.9 Å². The van der Waals surface area contributed by atoms with Crippen LogP contribution in [-0.2, 0) is 9.53 Å². The highest BCUT2D eigenvalue weighted by Crippen LogP contribution is 2.32. The van der Waals surface area contributed by atoms with E-state index >= 15 is 0 Å². The molecule has 0 saturated carbocycles. The monoisotopic (exact) mass is 327 g/mol. The van der Waals surface area contributed by atoms with Gasteiger partial charge in [-0.1, -0.05) is 37.3 Å². The van der Waals surface area contributed by atoms with E-state index in [0.717, 1.165) is 17.0 Å². The van der Waals surface area contributed by atoms with E-state index in [4.69, 9.17) is 9.47 Å². The first-order valence-corrected chi connectivity index (χ1v) is 8.06. The summed E-state index contributed by atoms with van der Waals surface area (Å²) in [5.41, 5.74) is 2.21. The van der Waals surface area contributed by atoms with Crippen LogP contribution in [0, 0.1) is 5.92 Å². The zero-order valence-corrected chi connectivity index (χ0v) is 14.7. The number of methoxy groups -OCH3 is 2. The van der Waals surface area contributed by atoms with Crippen LogP contribution in [0.5, 0.6) is 5.75 Å². The van der Waals surface area contributed by atoms with Gasteiger partial charge in [-0.3, -0.25) is 4.79 Å². The second-order valence-corrected chi connectivity index (χ2v) is 5.90. The molecule has 0 amide bonds. The first-order valence-electron chi connectivity index (χ1n) is 8.06. The molecule has 0 aliphatic heterocycles. The molecule has 2 aromatic carbocycles. The molecule has 2 aromatic rings. The van der Waals surface area contributed by atoms with Crippen LogP contribution in [0.15, 0.2) is 54.6 Å². The molecule has 0 saturated heterocycles. The van der Waals surface area contributed by atoms with Crippen molar-refractivity contribution in [1.29, 1.82) is 0 Å². The van der Waals surface area contributed by atoms with Gasteiger partial charge in [0.05, 0.1) is 26.2 Å². The van der Waals surface area contributed by atoms with Crippen molar-refractivity contribution in [1.82, 2.24) is 0 Å². The van der Waals surface area contributed by atoms with E-state index < -0.39 is 0 Å². The minimum Gasteiger partial charge on any atom is -0.497 e. The molecular formula is C20H25NO3. The molecule has 0 aromatic heterocycles. The topological polar surface area (TPSA) is 38.8 Å². The van der Waals surface area contributed by atoms with Gasteiger partial charge in [0.1, 0.15) is 5.75 Å². The van der Waals surface area contributed by atoms with Gasteiger partial charge >= 0.3 is 5.97 Å². The number of esters is 1. The largest absolute Gasteiger partial charge is 0.497 e. The van der Waals surface area contributed by atoms with Crippen molar-refractivity contribution in [3.05, 3.63) is 60.2 Å². The number of nitrogens with zero attached hydrogens (tertiary/aromatic N) is 1. The fourth-order valence-electron chi connectivity index (χ4n) is 2.84. The smallest absolute Gasteiger partial charge is 0.308 e. The number of hydrogen-bond donors (Lipinski definition) is 0. The predicted octanol–water partition coefficient (Wildman–Crippen LogP) is 4.07. The fraction of sp³-hybridized carbons (Fsp3) is 0.350. The third-order valence-electron chi connectivity index (χ3n) is 4.29. The molecule has 2 rings (SSSR count). The SMILES string of the molecule is COC(=O)[C@H](C)C[C@@H](c1cccc(OC)c1)N(C)c1ccccc1. The Kier molecular flexibility index (Phi) is 6.24. The quantitative estimate of drug-likeness (QED) is 0.719. The van der Waals surface area contributed by atoms with Crippen molar-refractivity contribution in [2.45, 2.75) is 19.4 Å². The number of carbonyl (C=O) groups is 1. The Bertz CT molecular complexity index is 657. The first-order chi connectivity index (χ1) is 11.6. The summed E-state index contributed by atoms with van der Waals surface area (Å²) >= 11 is 0. The molecule has 24 heavy (non-hydrogen) atoms. The highest BCUT2D eigenvalue weighted by molar-refractivity contribution is 5.72. The van der Waals surface area contributed by atoms with Gasteiger partial charge in [-0.2, -0.15) is 0 Å². The lowest BCUT2D eigenvalue weighted by molar-refractivity contribution is -0.145. The van der Waals surface area contributed by atoms with Crippen LogP contribution in [0.2, 0.25) is 0 Å². The Morgan fingerprint density at radius 1 is 1.08 bits per heavy atom. The second kappa shape index (κ2) is 8.39. The maximum atomic E-state index is 11.9. The van der Waals surface area contributed by atoms with E-state index in [9.17, 15) is 4.79 Å². The molecule has 0 radical (unpaired) electrons. The first kappa shape index (κ1) is 17.9. The molecule has 2 atom stereocenters. The summed E-state index contributed by atoms with van der Waals surface area (Å²) in [4.78, 5) is 14.1. The summed E-state index contributed by atoms with van der Waals surface area (Å²) in [5.74, 6) is 0.423. The fourth-order valence-corrected chi connectivity index (χ4v) is 2.84. The van der Waals surface area contributed by atoms with Gasteiger partial charge in [-0.25, -0.2) is 0 Å². The predicted molar refractivity (Wildman–Crippen MR) is 96.4 cm³/mol. The Morgan fingerprint density at radius 2 is 1.79 bits per heavy atom. The van der Waals surface area contributed by atoms with Crippen molar-refractivity contribution in [3.63, 3.8) is 0 Å². The second-order valence-electron chi connectivity index (χ2n) is 5.90. The van der Waals surface area contributed by atoms with E-state index in [1.807, 2.05) is 50.4 Å². The van der Waals surface area contributed by atoms with Crippen molar-refractivity contribution in [2.24, 2.45) is 5.92 Å². The van der Waals surface area contributed by atoms with Crippen LogP contribution in [0.4, 0.5) is 5.69 Å². The Balaban J connectivity index is 2.35. The minimum atomic E-state index is -0.197. The molecule has 4 heteroatoms. The highest BCUT2D eigenvalue weighted by Gasteiger charge is 2.24. The van der Waals surface area contributed by atoms with Gasteiger partial charge in [-0.15, -0.1) is 0 Å². The highest BCUT2D eigenvalue weighted by atomic mass is 16.5. The van der Waals surface area contributed by atoms with Gasteiger partial charge in [0.25, 0.3) is 0 Å². The molecule has 0 aliphatic rings. The zero-order valence-electron chi connectivity index (χ0n) is 14.7. The van der Waals surface area contributed by atoms with E-state index in [1.165, 1.54) is 7.11 Å². The molecule has 0 bridgehead atoms. The molecule has 0 spiro atoms. The Labute approximate surface area is 144 Å². The molecule has 0 fully saturated rings. The molecule has 0 heterocycles. The third-order valence-corrected chi connectivity index (χ3v) is 4.29. The maximum absolute atomic E-state index is 11.9. The Morgan fingerprint density at radius 3 is 2.42 bits per heavy atom. The van der Waals surface area contributed by atoms with Gasteiger partial charge < -0.3 is 14.4 Å². The molecule has 0 aliphatic carbocycles. The lowest BCUT2D eigenvalue weighted by Gasteiger charge is -2.32. The zero-order chi connectivity index (χ0) is 17.5. The van der Waals surface area contributed by atoms with E-state index in [1.54, 1.807) is 7.11 Å². The third kappa shape index (κ3) is 4.28. The van der Waals surface area contributed by atoms with Crippen molar-refractivity contribution in [3.8, 4) is 5.75 Å². The summed E-state index contributed by atoms with van der Waals surface area (Å²) in [5, 5.41) is 0. The Hall–Kier alpha value is -2.49. The van der Waals surface area contributed by atoms with Crippen molar-refractivity contribution < 1.29 is 14.3 Å². The lowest BCUT2D eigenvalue weighted by Crippen LogP contribution is -2.28. The van der Waals surface area contributed by atoms with Crippen LogP contribution in [0.3, 0.4) is 0 Å².